The van der Waals surface area contributed by atoms with Crippen molar-refractivity contribution >= 4 is 17.9 Å². The van der Waals surface area contributed by atoms with Gasteiger partial charge in [-0.05, 0) is 44.9 Å². The lowest BCUT2D eigenvalue weighted by molar-refractivity contribution is -0.889. The minimum absolute atomic E-state index is 0.0413. The molecular formula is C46H85NO7. The van der Waals surface area contributed by atoms with Crippen LogP contribution in [0.5, 0.6) is 0 Å². The van der Waals surface area contributed by atoms with E-state index in [-0.39, 0.29) is 42.7 Å². The van der Waals surface area contributed by atoms with Gasteiger partial charge in [0, 0.05) is 19.3 Å². The Morgan fingerprint density at radius 2 is 0.981 bits per heavy atom. The highest BCUT2D eigenvalue weighted by molar-refractivity contribution is 5.70. The molecular weight excluding hydrogens is 679 g/mol. The third kappa shape index (κ3) is 35.5. The van der Waals surface area contributed by atoms with Gasteiger partial charge in [0.2, 0.25) is 0 Å². The summed E-state index contributed by atoms with van der Waals surface area (Å²) in [6.07, 6.45) is 40.7. The van der Waals surface area contributed by atoms with Crippen molar-refractivity contribution in [2.24, 2.45) is 0 Å². The van der Waals surface area contributed by atoms with E-state index in [9.17, 15) is 19.5 Å². The summed E-state index contributed by atoms with van der Waals surface area (Å²) in [4.78, 5) is 36.7. The molecule has 0 saturated heterocycles. The molecule has 2 unspecified atom stereocenters. The van der Waals surface area contributed by atoms with E-state index in [1.807, 2.05) is 0 Å². The molecule has 0 aromatic heterocycles. The normalized spacial score (nSPS) is 13.1. The molecule has 2 atom stereocenters. The summed E-state index contributed by atoms with van der Waals surface area (Å²) >= 11 is 0. The molecule has 0 aromatic rings. The number of esters is 2. The molecule has 0 spiro atoms. The number of ether oxygens (including phenoxy) is 3. The molecule has 0 saturated carbocycles. The lowest BCUT2D eigenvalue weighted by atomic mass is 10.1. The number of quaternary nitrogens is 1. The van der Waals surface area contributed by atoms with Gasteiger partial charge in [0.15, 0.2) is 6.10 Å². The quantitative estimate of drug-likeness (QED) is 0.0265. The summed E-state index contributed by atoms with van der Waals surface area (Å²) in [5.74, 6) is -1.74. The fourth-order valence-electron chi connectivity index (χ4n) is 6.57. The number of aliphatic carboxylic acids is 1. The van der Waals surface area contributed by atoms with E-state index in [0.29, 0.717) is 12.8 Å². The maximum absolute atomic E-state index is 12.6. The highest BCUT2D eigenvalue weighted by Crippen LogP contribution is 2.14. The molecule has 0 radical (unpaired) electrons. The predicted molar refractivity (Wildman–Crippen MR) is 222 cm³/mol. The topological polar surface area (TPSA) is 102 Å². The molecule has 8 heteroatoms. The number of likely N-dealkylation sites (N-methyl/N-ethyl adjacent to an activating group) is 1. The molecule has 0 N–H and O–H groups in total. The Kier molecular flexibility index (Phi) is 36.2. The monoisotopic (exact) mass is 764 g/mol. The number of rotatable bonds is 40. The Balaban J connectivity index is 4.17. The Labute approximate surface area is 332 Å². The average molecular weight is 764 g/mol. The van der Waals surface area contributed by atoms with Crippen LogP contribution in [-0.4, -0.2) is 75.5 Å². The van der Waals surface area contributed by atoms with Gasteiger partial charge in [0.1, 0.15) is 12.6 Å². The maximum Gasteiger partial charge on any atom is 0.306 e. The highest BCUT2D eigenvalue weighted by Gasteiger charge is 2.25. The number of carboxylic acids is 1. The first-order chi connectivity index (χ1) is 26.1. The zero-order valence-electron chi connectivity index (χ0n) is 35.9. The summed E-state index contributed by atoms with van der Waals surface area (Å²) in [6, 6.07) is -0.723. The Morgan fingerprint density at radius 1 is 0.556 bits per heavy atom. The van der Waals surface area contributed by atoms with E-state index < -0.39 is 18.1 Å². The summed E-state index contributed by atoms with van der Waals surface area (Å²) in [5.41, 5.74) is 0. The van der Waals surface area contributed by atoms with Crippen molar-refractivity contribution in [1.82, 2.24) is 0 Å². The van der Waals surface area contributed by atoms with Crippen molar-refractivity contribution in [3.05, 3.63) is 24.3 Å². The molecule has 0 heterocycles. The van der Waals surface area contributed by atoms with Crippen LogP contribution in [0.2, 0.25) is 0 Å². The van der Waals surface area contributed by atoms with E-state index in [2.05, 4.69) is 38.2 Å². The number of hydrogen-bond acceptors (Lipinski definition) is 7. The average Bonchev–Trinajstić information content (AvgIpc) is 3.12. The number of carboxylic acid groups (broad SMARTS) is 1. The molecule has 316 valence electrons. The third-order valence-electron chi connectivity index (χ3n) is 10.1. The predicted octanol–water partition coefficient (Wildman–Crippen LogP) is 10.7. The summed E-state index contributed by atoms with van der Waals surface area (Å²) < 4.78 is 17.1. The summed E-state index contributed by atoms with van der Waals surface area (Å²) in [6.45, 7) is 4.63. The van der Waals surface area contributed by atoms with Gasteiger partial charge >= 0.3 is 11.9 Å². The van der Waals surface area contributed by atoms with E-state index in [1.54, 1.807) is 21.1 Å². The Morgan fingerprint density at radius 3 is 1.43 bits per heavy atom. The third-order valence-corrected chi connectivity index (χ3v) is 10.1. The van der Waals surface area contributed by atoms with Crippen LogP contribution < -0.4 is 5.11 Å². The number of unbranched alkanes of at least 4 members (excludes halogenated alkanes) is 22. The van der Waals surface area contributed by atoms with Crippen molar-refractivity contribution in [1.29, 1.82) is 0 Å². The number of carbonyl (C=O) groups excluding carboxylic acids is 3. The molecule has 0 aromatic carbocycles. The molecule has 8 nitrogen and oxygen atoms in total. The van der Waals surface area contributed by atoms with Crippen LogP contribution in [0.15, 0.2) is 24.3 Å². The second-order valence-corrected chi connectivity index (χ2v) is 16.3. The van der Waals surface area contributed by atoms with Crippen molar-refractivity contribution in [3.63, 3.8) is 0 Å². The van der Waals surface area contributed by atoms with Gasteiger partial charge in [0.25, 0.3) is 0 Å². The van der Waals surface area contributed by atoms with Gasteiger partial charge in [-0.25, -0.2) is 0 Å². The van der Waals surface area contributed by atoms with E-state index >= 15 is 0 Å². The Hall–Kier alpha value is -2.19. The first-order valence-electron chi connectivity index (χ1n) is 22.4. The first-order valence-corrected chi connectivity index (χ1v) is 22.4. The first kappa shape index (κ1) is 51.8. The van der Waals surface area contributed by atoms with Gasteiger partial charge in [-0.3, -0.25) is 9.59 Å². The van der Waals surface area contributed by atoms with Crippen LogP contribution in [0.25, 0.3) is 0 Å². The van der Waals surface area contributed by atoms with Gasteiger partial charge in [-0.2, -0.15) is 0 Å². The number of allylic oxidation sites excluding steroid dienone is 4. The molecule has 0 bridgehead atoms. The second-order valence-electron chi connectivity index (χ2n) is 16.3. The summed E-state index contributed by atoms with van der Waals surface area (Å²) in [7, 11) is 5.40. The van der Waals surface area contributed by atoms with Crippen LogP contribution >= 0.6 is 0 Å². The minimum Gasteiger partial charge on any atom is -0.544 e. The van der Waals surface area contributed by atoms with Gasteiger partial charge in [0.05, 0.1) is 40.3 Å². The lowest BCUT2D eigenvalue weighted by Gasteiger charge is -2.34. The standard InChI is InChI=1S/C46H85NO7/c1-6-8-10-12-14-16-17-18-19-20-21-22-23-24-25-26-27-28-29-31-32-34-36-44(48)53-41-42(40-52-39-38-43(46(50)51)47(3,4)5)54-45(49)37-35-33-30-15-13-11-9-7-2/h20-21,23-24,42-43H,6-19,22,25-41H2,1-5H3/b21-20+,24-23+. The van der Waals surface area contributed by atoms with E-state index in [0.717, 1.165) is 51.4 Å². The number of hydrogen-bond donors (Lipinski definition) is 0. The van der Waals surface area contributed by atoms with Crippen molar-refractivity contribution in [2.45, 2.75) is 212 Å². The van der Waals surface area contributed by atoms with Gasteiger partial charge < -0.3 is 28.6 Å². The van der Waals surface area contributed by atoms with E-state index in [4.69, 9.17) is 14.2 Å². The minimum atomic E-state index is -1.13. The number of nitrogens with zero attached hydrogens (tertiary/aromatic N) is 1. The molecule has 0 fully saturated rings. The SMILES string of the molecule is CCCCCCCCCC/C=C/C/C=C/CCCCCCCCCC(=O)OCC(COCCC(C(=O)[O-])[N+](C)(C)C)OC(=O)CCCCCCCCCC. The van der Waals surface area contributed by atoms with E-state index in [1.165, 1.54) is 116 Å². The fraction of sp³-hybridized carbons (Fsp3) is 0.848. The van der Waals surface area contributed by atoms with Gasteiger partial charge in [-0.15, -0.1) is 0 Å². The van der Waals surface area contributed by atoms with Crippen molar-refractivity contribution < 1.29 is 38.2 Å². The lowest BCUT2D eigenvalue weighted by Crippen LogP contribution is -2.55. The smallest absolute Gasteiger partial charge is 0.306 e. The zero-order valence-corrected chi connectivity index (χ0v) is 35.9. The molecule has 0 aliphatic carbocycles. The second kappa shape index (κ2) is 37.7. The van der Waals surface area contributed by atoms with Crippen LogP contribution in [0, 0.1) is 0 Å². The van der Waals surface area contributed by atoms with Gasteiger partial charge in [-0.1, -0.05) is 160 Å². The van der Waals surface area contributed by atoms with Crippen LogP contribution in [0.1, 0.15) is 200 Å². The number of carbonyl (C=O) groups is 3. The Bertz CT molecular complexity index is 942. The van der Waals surface area contributed by atoms with Crippen LogP contribution in [0.4, 0.5) is 0 Å². The van der Waals surface area contributed by atoms with Crippen molar-refractivity contribution in [2.75, 3.05) is 41.0 Å². The molecule has 0 aliphatic rings. The fourth-order valence-corrected chi connectivity index (χ4v) is 6.57. The summed E-state index contributed by atoms with van der Waals surface area (Å²) in [5, 5.41) is 11.6. The molecule has 54 heavy (non-hydrogen) atoms. The molecule has 0 amide bonds. The molecule has 0 rings (SSSR count). The zero-order chi connectivity index (χ0) is 40.0. The van der Waals surface area contributed by atoms with Crippen LogP contribution in [-0.2, 0) is 28.6 Å². The highest BCUT2D eigenvalue weighted by atomic mass is 16.6. The molecule has 0 aliphatic heterocycles. The van der Waals surface area contributed by atoms with Crippen molar-refractivity contribution in [3.8, 4) is 0 Å². The largest absolute Gasteiger partial charge is 0.544 e. The van der Waals surface area contributed by atoms with Crippen LogP contribution in [0.3, 0.4) is 0 Å². The maximum atomic E-state index is 12.6.